The molecule has 4 N–H and O–H groups in total. The van der Waals surface area contributed by atoms with Gasteiger partial charge in [-0.1, -0.05) is 20.8 Å². The van der Waals surface area contributed by atoms with Crippen LogP contribution in [0.15, 0.2) is 23.6 Å². The van der Waals surface area contributed by atoms with Crippen molar-refractivity contribution >= 4 is 65.9 Å². The van der Waals surface area contributed by atoms with Gasteiger partial charge in [-0.05, 0) is 36.5 Å². The minimum absolute atomic E-state index is 0.0141. The van der Waals surface area contributed by atoms with Crippen LogP contribution in [0.25, 0.3) is 11.2 Å². The van der Waals surface area contributed by atoms with E-state index in [1.807, 2.05) is 13.0 Å². The predicted octanol–water partition coefficient (Wildman–Crippen LogP) is 2.99. The van der Waals surface area contributed by atoms with Crippen LogP contribution in [-0.4, -0.2) is 84.5 Å². The highest BCUT2D eigenvalue weighted by Crippen LogP contribution is 2.58. The number of nitriles is 2. The maximum absolute atomic E-state index is 13.0. The highest BCUT2D eigenvalue weighted by molar-refractivity contribution is 8.07. The van der Waals surface area contributed by atoms with Crippen LogP contribution in [0.5, 0.6) is 0 Å². The molecule has 6 rings (SSSR count). The number of imidazole rings is 1. The van der Waals surface area contributed by atoms with Gasteiger partial charge < -0.3 is 37.6 Å². The van der Waals surface area contributed by atoms with Gasteiger partial charge in [-0.2, -0.15) is 15.5 Å². The number of hydrogen-bond acceptors (Lipinski definition) is 17. The zero-order valence-corrected chi connectivity index (χ0v) is 31.6. The summed E-state index contributed by atoms with van der Waals surface area (Å²) in [4.78, 5) is 56.0. The molecule has 0 spiro atoms. The van der Waals surface area contributed by atoms with Crippen LogP contribution in [0.1, 0.15) is 51.8 Å². The zero-order valence-electron chi connectivity index (χ0n) is 28.1. The third kappa shape index (κ3) is 8.57. The van der Waals surface area contributed by atoms with Gasteiger partial charge in [0, 0.05) is 23.8 Å². The minimum atomic E-state index is -3.86. The molecule has 1 amide bonds. The number of carbonyl (C=O) groups is 1. The Hall–Kier alpha value is -3.30. The van der Waals surface area contributed by atoms with Gasteiger partial charge in [0.15, 0.2) is 17.4 Å². The molecule has 19 nitrogen and oxygen atoms in total. The quantitative estimate of drug-likeness (QED) is 0.189. The lowest BCUT2D eigenvalue weighted by Crippen LogP contribution is -2.29. The topological polar surface area (TPSA) is 254 Å². The number of fused-ring (bicyclic) bond motifs is 4. The van der Waals surface area contributed by atoms with Crippen molar-refractivity contribution in [2.75, 3.05) is 30.5 Å². The van der Waals surface area contributed by atoms with E-state index in [0.29, 0.717) is 18.7 Å². The standard InChI is InChI=1S/C29H36N10O9P2S2/c1-15(2)26(40)37-29-36-25-22(27(41)38-29)34-14-39(25)28-23-16(3)21(46-28)12-44-49(42,51)47-20-8-19(35-24-18(9-31)10-32-13-33-24)7-17(20)11-45-50(52,48-23)43-6-4-5-30/h10,13-17,19-21,23,28H,4,6-8,11-12H2,1-3H3,(H,42,51)(H,32,33,35)(H2,36,37,38,40,41)/t16-,17-,19-,20+,21-,23-,28-,49?,50?/m1/s1. The van der Waals surface area contributed by atoms with Gasteiger partial charge in [-0.15, -0.1) is 0 Å². The van der Waals surface area contributed by atoms with Crippen LogP contribution in [-0.2, 0) is 55.8 Å². The van der Waals surface area contributed by atoms with E-state index < -0.39 is 55.4 Å². The van der Waals surface area contributed by atoms with E-state index >= 15 is 0 Å². The lowest BCUT2D eigenvalue weighted by atomic mass is 10.0. The smallest absolute Gasteiger partial charge is 0.327 e. The van der Waals surface area contributed by atoms with Crippen molar-refractivity contribution < 1.29 is 37.0 Å². The Bertz CT molecular complexity index is 2060. The van der Waals surface area contributed by atoms with E-state index in [2.05, 4.69) is 41.6 Å². The molecular formula is C29H36N10O9P2S2. The largest absolute Gasteiger partial charge is 0.366 e. The SMILES string of the molecule is CC(C)C(=O)Nc1nc2c(ncn2[C@@H]2O[C@@H]3COP(O)(=S)O[C@H]4C[C@H](Nc5ncncc5C#N)C[C@@H]4COP(=S)(OCCC#N)O[C@@H]2[C@@H]3C)c(=O)[nH]1. The summed E-state index contributed by atoms with van der Waals surface area (Å²) in [6.07, 6.45) is 1.53. The number of carbonyl (C=O) groups excluding carboxylic acids is 1. The highest BCUT2D eigenvalue weighted by Gasteiger charge is 2.49. The maximum atomic E-state index is 13.0. The molecule has 5 heterocycles. The molecule has 52 heavy (non-hydrogen) atoms. The summed E-state index contributed by atoms with van der Waals surface area (Å²) in [7, 11) is 0. The van der Waals surface area contributed by atoms with Crippen LogP contribution >= 0.6 is 13.4 Å². The fourth-order valence-corrected chi connectivity index (χ4v) is 9.78. The first-order chi connectivity index (χ1) is 24.8. The number of aromatic nitrogens is 6. The monoisotopic (exact) mass is 794 g/mol. The van der Waals surface area contributed by atoms with Crippen molar-refractivity contribution in [3.05, 3.63) is 34.8 Å². The number of H-pyrrole nitrogens is 1. The first-order valence-electron chi connectivity index (χ1n) is 16.3. The molecule has 3 aromatic heterocycles. The third-order valence-corrected chi connectivity index (χ3v) is 12.8. The molecule has 2 saturated heterocycles. The molecule has 2 aliphatic heterocycles. The number of hydrogen-bond donors (Lipinski definition) is 4. The van der Waals surface area contributed by atoms with Crippen LogP contribution in [0.4, 0.5) is 11.8 Å². The molecule has 9 atom stereocenters. The second kappa shape index (κ2) is 16.0. The van der Waals surface area contributed by atoms with E-state index in [4.69, 9.17) is 51.0 Å². The lowest BCUT2D eigenvalue weighted by Gasteiger charge is -2.30. The Morgan fingerprint density at radius 3 is 2.77 bits per heavy atom. The van der Waals surface area contributed by atoms with E-state index in [1.165, 1.54) is 23.4 Å². The summed E-state index contributed by atoms with van der Waals surface area (Å²) in [5.74, 6) is -1.38. The van der Waals surface area contributed by atoms with Crippen molar-refractivity contribution in [2.45, 2.75) is 70.6 Å². The number of anilines is 2. The third-order valence-electron chi connectivity index (χ3n) is 8.81. The van der Waals surface area contributed by atoms with Gasteiger partial charge in [0.1, 0.15) is 29.9 Å². The molecule has 3 aliphatic rings. The second-order valence-electron chi connectivity index (χ2n) is 12.7. The first kappa shape index (κ1) is 38.4. The molecule has 1 saturated carbocycles. The van der Waals surface area contributed by atoms with Crippen molar-refractivity contribution in [2.24, 2.45) is 17.8 Å². The molecule has 2 unspecified atom stereocenters. The van der Waals surface area contributed by atoms with Crippen molar-refractivity contribution in [1.82, 2.24) is 29.5 Å². The summed E-state index contributed by atoms with van der Waals surface area (Å²) in [6.45, 7) is -2.63. The lowest BCUT2D eigenvalue weighted by molar-refractivity contribution is -0.118. The van der Waals surface area contributed by atoms with Crippen molar-refractivity contribution in [3.8, 4) is 12.1 Å². The van der Waals surface area contributed by atoms with Crippen molar-refractivity contribution in [3.63, 3.8) is 0 Å². The van der Waals surface area contributed by atoms with E-state index in [0.717, 1.165) is 0 Å². The average Bonchev–Trinajstić information content (AvgIpc) is 3.78. The van der Waals surface area contributed by atoms with Crippen LogP contribution in [0.2, 0.25) is 0 Å². The Morgan fingerprint density at radius 1 is 1.21 bits per heavy atom. The normalized spacial score (nSPS) is 32.2. The number of nitrogens with zero attached hydrogens (tertiary/aromatic N) is 7. The van der Waals surface area contributed by atoms with E-state index in [1.54, 1.807) is 13.8 Å². The summed E-state index contributed by atoms with van der Waals surface area (Å²) >= 11 is 11.4. The first-order valence-corrected chi connectivity index (χ1v) is 21.4. The number of rotatable bonds is 8. The molecular weight excluding hydrogens is 758 g/mol. The van der Waals surface area contributed by atoms with Gasteiger partial charge in [0.25, 0.3) is 5.56 Å². The van der Waals surface area contributed by atoms with Crippen LogP contribution < -0.4 is 16.2 Å². The highest BCUT2D eigenvalue weighted by atomic mass is 32.5. The van der Waals surface area contributed by atoms with Gasteiger partial charge in [0.05, 0.1) is 57.0 Å². The molecule has 278 valence electrons. The second-order valence-corrected chi connectivity index (χ2v) is 18.5. The Kier molecular flexibility index (Phi) is 11.8. The molecule has 23 heteroatoms. The number of ether oxygens (including phenoxy) is 1. The van der Waals surface area contributed by atoms with Gasteiger partial charge in [-0.3, -0.25) is 24.5 Å². The summed E-state index contributed by atoms with van der Waals surface area (Å²) in [6, 6.07) is 3.81. The number of nitrogens with one attached hydrogen (secondary N) is 3. The van der Waals surface area contributed by atoms with Gasteiger partial charge in [-0.25, -0.2) is 15.0 Å². The van der Waals surface area contributed by atoms with Gasteiger partial charge >= 0.3 is 13.4 Å². The summed E-state index contributed by atoms with van der Waals surface area (Å²) < 4.78 is 38.7. The Labute approximate surface area is 307 Å². The van der Waals surface area contributed by atoms with Gasteiger partial charge in [0.2, 0.25) is 11.9 Å². The number of aromatic amines is 1. The zero-order chi connectivity index (χ0) is 37.2. The molecule has 0 aromatic carbocycles. The molecule has 0 radical (unpaired) electrons. The molecule has 1 aliphatic carbocycles. The Balaban J connectivity index is 1.32. The summed E-state index contributed by atoms with van der Waals surface area (Å²) in [5.41, 5.74) is -0.274. The van der Waals surface area contributed by atoms with E-state index in [9.17, 15) is 25.0 Å². The van der Waals surface area contributed by atoms with Crippen LogP contribution in [0.3, 0.4) is 0 Å². The molecule has 3 fully saturated rings. The Morgan fingerprint density at radius 2 is 2.02 bits per heavy atom. The summed E-state index contributed by atoms with van der Waals surface area (Å²) in [5, 5.41) is 24.6. The fourth-order valence-electron chi connectivity index (χ4n) is 6.08. The number of amides is 1. The maximum Gasteiger partial charge on any atom is 0.327 e. The molecule has 2 bridgehead atoms. The fraction of sp³-hybridized carbons (Fsp3) is 0.586. The van der Waals surface area contributed by atoms with Crippen LogP contribution in [0, 0.1) is 40.4 Å². The predicted molar refractivity (Wildman–Crippen MR) is 190 cm³/mol. The molecule has 3 aromatic rings. The van der Waals surface area contributed by atoms with E-state index in [-0.39, 0.29) is 66.8 Å². The average molecular weight is 795 g/mol. The minimum Gasteiger partial charge on any atom is -0.366 e. The van der Waals surface area contributed by atoms with Crippen molar-refractivity contribution in [1.29, 1.82) is 10.5 Å².